The minimum absolute atomic E-state index is 0.0862. The minimum Gasteiger partial charge on any atom is -0.478 e. The minimum atomic E-state index is -1.08. The fourth-order valence-corrected chi connectivity index (χ4v) is 1.53. The number of nitrogens with zero attached hydrogens (tertiary/aromatic N) is 1. The molecule has 0 aliphatic carbocycles. The molecule has 0 amide bonds. The highest BCUT2D eigenvalue weighted by Gasteiger charge is 2.09. The van der Waals surface area contributed by atoms with Crippen molar-refractivity contribution in [2.75, 3.05) is 0 Å². The molecule has 0 aliphatic rings. The fourth-order valence-electron chi connectivity index (χ4n) is 0.755. The molecule has 0 bridgehead atoms. The average Bonchev–Trinajstić information content (AvgIpc) is 2.47. The quantitative estimate of drug-likeness (QED) is 0.593. The van der Waals surface area contributed by atoms with Crippen LogP contribution in [0.25, 0.3) is 6.08 Å². The van der Waals surface area contributed by atoms with Crippen LogP contribution in [0.4, 0.5) is 0 Å². The summed E-state index contributed by atoms with van der Waals surface area (Å²) in [4.78, 5) is 20.2. The van der Waals surface area contributed by atoms with Crippen LogP contribution in [0.2, 0.25) is 0 Å². The van der Waals surface area contributed by atoms with Gasteiger partial charge in [-0.05, 0) is 11.4 Å². The van der Waals surface area contributed by atoms with Gasteiger partial charge in [0.1, 0.15) is 0 Å². The van der Waals surface area contributed by atoms with E-state index < -0.39 is 10.9 Å². The molecule has 0 saturated carbocycles. The molecule has 0 unspecified atom stereocenters. The Morgan fingerprint density at radius 2 is 2.38 bits per heavy atom. The molecule has 0 fully saturated rings. The summed E-state index contributed by atoms with van der Waals surface area (Å²) in [6, 6.07) is 1.41. The number of carboxylic acids is 1. The molecule has 0 atom stereocenters. The van der Waals surface area contributed by atoms with Crippen LogP contribution in [0.15, 0.2) is 17.6 Å². The van der Waals surface area contributed by atoms with Crippen molar-refractivity contribution in [2.45, 2.75) is 0 Å². The fraction of sp³-hybridized carbons (Fsp3) is 0. The van der Waals surface area contributed by atoms with E-state index in [-0.39, 0.29) is 5.56 Å². The van der Waals surface area contributed by atoms with E-state index in [1.807, 2.05) is 0 Å². The molecule has 1 N–H and O–H groups in total. The zero-order chi connectivity index (χ0) is 9.84. The van der Waals surface area contributed by atoms with E-state index in [0.29, 0.717) is 4.88 Å². The van der Waals surface area contributed by atoms with Gasteiger partial charge in [0.05, 0.1) is 10.5 Å². The van der Waals surface area contributed by atoms with E-state index in [9.17, 15) is 14.9 Å². The first kappa shape index (κ1) is 9.40. The summed E-state index contributed by atoms with van der Waals surface area (Å²) in [6.07, 6.45) is 1.90. The molecular weight excluding hydrogens is 194 g/mol. The number of thiophene rings is 1. The second-order valence-electron chi connectivity index (χ2n) is 2.10. The normalized spacial score (nSPS) is 10.5. The molecule has 0 aliphatic heterocycles. The Bertz CT molecular complexity index is 368. The lowest BCUT2D eigenvalue weighted by molar-refractivity contribution is -0.400. The predicted octanol–water partition coefficient (Wildman–Crippen LogP) is 1.69. The maximum absolute atomic E-state index is 10.5. The molecule has 1 heterocycles. The summed E-state index contributed by atoms with van der Waals surface area (Å²) in [6.45, 7) is 0. The highest BCUT2D eigenvalue weighted by Crippen LogP contribution is 2.18. The van der Waals surface area contributed by atoms with E-state index in [0.717, 1.165) is 17.5 Å². The van der Waals surface area contributed by atoms with Crippen molar-refractivity contribution in [1.82, 2.24) is 0 Å². The average molecular weight is 199 g/mol. The van der Waals surface area contributed by atoms with Gasteiger partial charge in [-0.25, -0.2) is 4.79 Å². The van der Waals surface area contributed by atoms with E-state index in [2.05, 4.69) is 0 Å². The SMILES string of the molecule is O=C(O)c1ccsc1C=C[N+](=O)[O-]. The molecule has 5 nitrogen and oxygen atoms in total. The van der Waals surface area contributed by atoms with Crippen LogP contribution in [-0.2, 0) is 0 Å². The highest BCUT2D eigenvalue weighted by atomic mass is 32.1. The second-order valence-corrected chi connectivity index (χ2v) is 3.05. The Labute approximate surface area is 77.1 Å². The molecule has 0 saturated heterocycles. The third-order valence-corrected chi connectivity index (χ3v) is 2.16. The number of nitro groups is 1. The Hall–Kier alpha value is -1.69. The van der Waals surface area contributed by atoms with Gasteiger partial charge < -0.3 is 5.11 Å². The summed E-state index contributed by atoms with van der Waals surface area (Å²) in [5.41, 5.74) is 0.0862. The number of hydrogen-bond donors (Lipinski definition) is 1. The lowest BCUT2D eigenvalue weighted by atomic mass is 10.2. The first-order valence-electron chi connectivity index (χ1n) is 3.23. The van der Waals surface area contributed by atoms with Gasteiger partial charge in [-0.1, -0.05) is 0 Å². The molecular formula is C7H5NO4S. The molecule has 0 radical (unpaired) electrons. The highest BCUT2D eigenvalue weighted by molar-refractivity contribution is 7.11. The van der Waals surface area contributed by atoms with Crippen LogP contribution in [0.5, 0.6) is 0 Å². The summed E-state index contributed by atoms with van der Waals surface area (Å²) >= 11 is 1.15. The number of aromatic carboxylic acids is 1. The molecule has 6 heteroatoms. The lowest BCUT2D eigenvalue weighted by Gasteiger charge is -1.88. The second kappa shape index (κ2) is 3.81. The van der Waals surface area contributed by atoms with Gasteiger partial charge in [-0.15, -0.1) is 11.3 Å². The van der Waals surface area contributed by atoms with Gasteiger partial charge in [0, 0.05) is 11.0 Å². The largest absolute Gasteiger partial charge is 0.478 e. The summed E-state index contributed by atoms with van der Waals surface area (Å²) in [5, 5.41) is 20.1. The van der Waals surface area contributed by atoms with Crippen LogP contribution in [0.3, 0.4) is 0 Å². The number of carboxylic acid groups (broad SMARTS) is 1. The van der Waals surface area contributed by atoms with Gasteiger partial charge in [-0.3, -0.25) is 10.1 Å². The third kappa shape index (κ3) is 2.38. The van der Waals surface area contributed by atoms with Crippen LogP contribution < -0.4 is 0 Å². The Kier molecular flexibility index (Phi) is 2.76. The van der Waals surface area contributed by atoms with Crippen LogP contribution in [0, 0.1) is 10.1 Å². The standard InChI is InChI=1S/C7H5NO4S/c9-7(10)5-2-4-13-6(5)1-3-8(11)12/h1-4H,(H,9,10). The molecule has 1 aromatic rings. The Balaban J connectivity index is 2.95. The van der Waals surface area contributed by atoms with Gasteiger partial charge in [0.2, 0.25) is 6.20 Å². The van der Waals surface area contributed by atoms with Crippen molar-refractivity contribution < 1.29 is 14.8 Å². The number of carbonyl (C=O) groups is 1. The molecule has 0 spiro atoms. The van der Waals surface area contributed by atoms with Crippen molar-refractivity contribution >= 4 is 23.4 Å². The van der Waals surface area contributed by atoms with Crippen molar-refractivity contribution in [3.63, 3.8) is 0 Å². The third-order valence-electron chi connectivity index (χ3n) is 1.27. The van der Waals surface area contributed by atoms with Crippen LogP contribution in [0.1, 0.15) is 15.2 Å². The lowest BCUT2D eigenvalue weighted by Crippen LogP contribution is -1.95. The van der Waals surface area contributed by atoms with E-state index in [4.69, 9.17) is 5.11 Å². The Morgan fingerprint density at radius 3 is 2.92 bits per heavy atom. The van der Waals surface area contributed by atoms with E-state index in [1.165, 1.54) is 12.1 Å². The van der Waals surface area contributed by atoms with Gasteiger partial charge in [0.15, 0.2) is 0 Å². The van der Waals surface area contributed by atoms with Crippen molar-refractivity contribution in [2.24, 2.45) is 0 Å². The van der Waals surface area contributed by atoms with Gasteiger partial charge in [-0.2, -0.15) is 0 Å². The Morgan fingerprint density at radius 1 is 1.69 bits per heavy atom. The van der Waals surface area contributed by atoms with E-state index in [1.54, 1.807) is 5.38 Å². The van der Waals surface area contributed by atoms with Crippen molar-refractivity contribution in [1.29, 1.82) is 0 Å². The first-order chi connectivity index (χ1) is 6.11. The summed E-state index contributed by atoms with van der Waals surface area (Å²) < 4.78 is 0. The van der Waals surface area contributed by atoms with E-state index >= 15 is 0 Å². The molecule has 68 valence electrons. The zero-order valence-corrected chi connectivity index (χ0v) is 7.15. The summed E-state index contributed by atoms with van der Waals surface area (Å²) in [5.74, 6) is -1.08. The smallest absolute Gasteiger partial charge is 0.337 e. The van der Waals surface area contributed by atoms with Gasteiger partial charge >= 0.3 is 5.97 Å². The molecule has 0 aromatic carbocycles. The maximum Gasteiger partial charge on any atom is 0.337 e. The predicted molar refractivity (Wildman–Crippen MR) is 47.3 cm³/mol. The molecule has 1 aromatic heterocycles. The number of hydrogen-bond acceptors (Lipinski definition) is 4. The maximum atomic E-state index is 10.5. The zero-order valence-electron chi connectivity index (χ0n) is 6.34. The van der Waals surface area contributed by atoms with Crippen LogP contribution >= 0.6 is 11.3 Å². The van der Waals surface area contributed by atoms with Crippen molar-refractivity contribution in [3.05, 3.63) is 38.2 Å². The topological polar surface area (TPSA) is 80.4 Å². The number of rotatable bonds is 3. The van der Waals surface area contributed by atoms with Crippen LogP contribution in [-0.4, -0.2) is 16.0 Å². The monoisotopic (exact) mass is 199 g/mol. The molecule has 1 rings (SSSR count). The first-order valence-corrected chi connectivity index (χ1v) is 4.11. The van der Waals surface area contributed by atoms with Gasteiger partial charge in [0.25, 0.3) is 0 Å². The molecule has 13 heavy (non-hydrogen) atoms. The van der Waals surface area contributed by atoms with Crippen molar-refractivity contribution in [3.8, 4) is 0 Å². The summed E-state index contributed by atoms with van der Waals surface area (Å²) in [7, 11) is 0.